The third-order valence-corrected chi connectivity index (χ3v) is 2.58. The van der Waals surface area contributed by atoms with Crippen molar-refractivity contribution in [3.8, 4) is 0 Å². The Balaban J connectivity index is 1.89. The Bertz CT molecular complexity index is 262. The van der Waals surface area contributed by atoms with Crippen molar-refractivity contribution in [3.63, 3.8) is 0 Å². The van der Waals surface area contributed by atoms with Gasteiger partial charge in [0.05, 0.1) is 0 Å². The molecule has 0 bridgehead atoms. The molecular formula is C9H16N4. The van der Waals surface area contributed by atoms with Crippen LogP contribution in [0.3, 0.4) is 0 Å². The van der Waals surface area contributed by atoms with Crippen LogP contribution in [0.15, 0.2) is 6.33 Å². The minimum Gasteiger partial charge on any atom is -0.317 e. The van der Waals surface area contributed by atoms with Crippen LogP contribution < -0.4 is 5.32 Å². The normalized spacial score (nSPS) is 19.2. The van der Waals surface area contributed by atoms with Crippen molar-refractivity contribution in [1.29, 1.82) is 0 Å². The Kier molecular flexibility index (Phi) is 2.59. The van der Waals surface area contributed by atoms with Gasteiger partial charge in [-0.25, -0.2) is 4.98 Å². The highest BCUT2D eigenvalue weighted by Gasteiger charge is 2.15. The lowest BCUT2D eigenvalue weighted by molar-refractivity contribution is 0.367. The molecule has 4 heteroatoms. The Labute approximate surface area is 78.4 Å². The Morgan fingerprint density at radius 1 is 1.54 bits per heavy atom. The molecule has 1 fully saturated rings. The van der Waals surface area contributed by atoms with Crippen LogP contribution in [0.2, 0.25) is 0 Å². The Hall–Kier alpha value is -0.900. The van der Waals surface area contributed by atoms with Crippen molar-refractivity contribution in [2.24, 2.45) is 13.0 Å². The molecule has 1 saturated heterocycles. The molecule has 1 aliphatic heterocycles. The van der Waals surface area contributed by atoms with Crippen LogP contribution in [0.4, 0.5) is 0 Å². The molecule has 4 nitrogen and oxygen atoms in total. The summed E-state index contributed by atoms with van der Waals surface area (Å²) >= 11 is 0. The lowest BCUT2D eigenvalue weighted by Gasteiger charge is -2.20. The zero-order valence-corrected chi connectivity index (χ0v) is 8.03. The summed E-state index contributed by atoms with van der Waals surface area (Å²) in [7, 11) is 1.92. The number of aryl methyl sites for hydroxylation is 1. The Morgan fingerprint density at radius 2 is 2.31 bits per heavy atom. The van der Waals surface area contributed by atoms with Gasteiger partial charge in [0.2, 0.25) is 0 Å². The first-order valence-electron chi connectivity index (χ1n) is 4.90. The van der Waals surface area contributed by atoms with Crippen LogP contribution in [-0.2, 0) is 13.5 Å². The highest BCUT2D eigenvalue weighted by atomic mass is 15.3. The summed E-state index contributed by atoms with van der Waals surface area (Å²) in [4.78, 5) is 4.24. The first-order chi connectivity index (χ1) is 6.34. The molecule has 0 unspecified atom stereocenters. The maximum absolute atomic E-state index is 4.29. The second-order valence-electron chi connectivity index (χ2n) is 3.73. The van der Waals surface area contributed by atoms with Crippen molar-refractivity contribution in [3.05, 3.63) is 12.2 Å². The van der Waals surface area contributed by atoms with E-state index in [2.05, 4.69) is 15.4 Å². The summed E-state index contributed by atoms with van der Waals surface area (Å²) in [6, 6.07) is 0. The monoisotopic (exact) mass is 180 g/mol. The van der Waals surface area contributed by atoms with E-state index in [1.165, 1.54) is 12.8 Å². The van der Waals surface area contributed by atoms with Crippen molar-refractivity contribution < 1.29 is 0 Å². The van der Waals surface area contributed by atoms with Crippen molar-refractivity contribution in [1.82, 2.24) is 20.1 Å². The quantitative estimate of drug-likeness (QED) is 0.714. The second kappa shape index (κ2) is 3.87. The van der Waals surface area contributed by atoms with Crippen molar-refractivity contribution in [2.45, 2.75) is 19.3 Å². The van der Waals surface area contributed by atoms with E-state index in [4.69, 9.17) is 0 Å². The average molecular weight is 180 g/mol. The average Bonchev–Trinajstić information content (AvgIpc) is 2.53. The number of hydrogen-bond donors (Lipinski definition) is 1. The third kappa shape index (κ3) is 2.28. The van der Waals surface area contributed by atoms with Gasteiger partial charge in [-0.2, -0.15) is 5.10 Å². The van der Waals surface area contributed by atoms with Crippen LogP contribution in [0, 0.1) is 5.92 Å². The van der Waals surface area contributed by atoms with E-state index in [1.807, 2.05) is 7.05 Å². The van der Waals surface area contributed by atoms with Crippen LogP contribution >= 0.6 is 0 Å². The SMILES string of the molecule is Cn1cnc(CC2CCNCC2)n1. The summed E-state index contributed by atoms with van der Waals surface area (Å²) in [6.45, 7) is 2.30. The van der Waals surface area contributed by atoms with Gasteiger partial charge >= 0.3 is 0 Å². The molecule has 0 saturated carbocycles. The fourth-order valence-corrected chi connectivity index (χ4v) is 1.82. The van der Waals surface area contributed by atoms with E-state index in [0.717, 1.165) is 31.3 Å². The molecule has 0 amide bonds. The van der Waals surface area contributed by atoms with E-state index in [0.29, 0.717) is 0 Å². The maximum atomic E-state index is 4.29. The smallest absolute Gasteiger partial charge is 0.150 e. The lowest BCUT2D eigenvalue weighted by Crippen LogP contribution is -2.28. The molecule has 2 rings (SSSR count). The summed E-state index contributed by atoms with van der Waals surface area (Å²) in [5.41, 5.74) is 0. The zero-order chi connectivity index (χ0) is 9.10. The first kappa shape index (κ1) is 8.69. The van der Waals surface area contributed by atoms with Gasteiger partial charge in [-0.3, -0.25) is 4.68 Å². The predicted molar refractivity (Wildman–Crippen MR) is 50.3 cm³/mol. The summed E-state index contributed by atoms with van der Waals surface area (Å²) in [5.74, 6) is 1.78. The van der Waals surface area contributed by atoms with E-state index in [1.54, 1.807) is 11.0 Å². The molecule has 1 aliphatic rings. The largest absolute Gasteiger partial charge is 0.317 e. The van der Waals surface area contributed by atoms with E-state index < -0.39 is 0 Å². The fourth-order valence-electron chi connectivity index (χ4n) is 1.82. The molecule has 2 heterocycles. The molecule has 0 atom stereocenters. The number of aromatic nitrogens is 3. The van der Waals surface area contributed by atoms with Gasteiger partial charge in [-0.05, 0) is 31.8 Å². The maximum Gasteiger partial charge on any atom is 0.150 e. The zero-order valence-electron chi connectivity index (χ0n) is 8.03. The van der Waals surface area contributed by atoms with Crippen molar-refractivity contribution in [2.75, 3.05) is 13.1 Å². The van der Waals surface area contributed by atoms with Crippen LogP contribution in [0.1, 0.15) is 18.7 Å². The Morgan fingerprint density at radius 3 is 2.92 bits per heavy atom. The molecule has 1 N–H and O–H groups in total. The standard InChI is InChI=1S/C9H16N4/c1-13-7-11-9(12-13)6-8-2-4-10-5-3-8/h7-8,10H,2-6H2,1H3. The molecule has 0 aliphatic carbocycles. The van der Waals surface area contributed by atoms with Crippen LogP contribution in [0.25, 0.3) is 0 Å². The van der Waals surface area contributed by atoms with Gasteiger partial charge in [-0.1, -0.05) is 0 Å². The summed E-state index contributed by atoms with van der Waals surface area (Å²) in [6.07, 6.45) is 5.34. The molecule has 13 heavy (non-hydrogen) atoms. The molecule has 0 radical (unpaired) electrons. The van der Waals surface area contributed by atoms with E-state index in [9.17, 15) is 0 Å². The molecule has 1 aromatic rings. The fraction of sp³-hybridized carbons (Fsp3) is 0.778. The van der Waals surface area contributed by atoms with Gasteiger partial charge in [-0.15, -0.1) is 0 Å². The molecule has 0 aromatic carbocycles. The second-order valence-corrected chi connectivity index (χ2v) is 3.73. The number of rotatable bonds is 2. The minimum atomic E-state index is 0.781. The molecule has 0 spiro atoms. The topological polar surface area (TPSA) is 42.7 Å². The van der Waals surface area contributed by atoms with E-state index >= 15 is 0 Å². The summed E-state index contributed by atoms with van der Waals surface area (Å²) in [5, 5.41) is 7.65. The van der Waals surface area contributed by atoms with Crippen LogP contribution in [-0.4, -0.2) is 27.9 Å². The molecule has 1 aromatic heterocycles. The first-order valence-corrected chi connectivity index (χ1v) is 4.90. The van der Waals surface area contributed by atoms with Gasteiger partial charge in [0.15, 0.2) is 5.82 Å². The summed E-state index contributed by atoms with van der Waals surface area (Å²) < 4.78 is 1.77. The van der Waals surface area contributed by atoms with Gasteiger partial charge < -0.3 is 5.32 Å². The number of nitrogens with one attached hydrogen (secondary N) is 1. The van der Waals surface area contributed by atoms with Crippen LogP contribution in [0.5, 0.6) is 0 Å². The molecular weight excluding hydrogens is 164 g/mol. The number of nitrogens with zero attached hydrogens (tertiary/aromatic N) is 3. The van der Waals surface area contributed by atoms with E-state index in [-0.39, 0.29) is 0 Å². The van der Waals surface area contributed by atoms with Crippen molar-refractivity contribution >= 4 is 0 Å². The van der Waals surface area contributed by atoms with Gasteiger partial charge in [0.1, 0.15) is 6.33 Å². The third-order valence-electron chi connectivity index (χ3n) is 2.58. The number of piperidine rings is 1. The lowest BCUT2D eigenvalue weighted by atomic mass is 9.94. The van der Waals surface area contributed by atoms with Gasteiger partial charge in [0.25, 0.3) is 0 Å². The highest BCUT2D eigenvalue weighted by molar-refractivity contribution is 4.86. The predicted octanol–water partition coefficient (Wildman–Crippen LogP) is 0.357. The number of hydrogen-bond acceptors (Lipinski definition) is 3. The van der Waals surface area contributed by atoms with Gasteiger partial charge in [0, 0.05) is 13.5 Å². The highest BCUT2D eigenvalue weighted by Crippen LogP contribution is 2.15. The minimum absolute atomic E-state index is 0.781. The molecule has 72 valence electrons.